The minimum Gasteiger partial charge on any atom is -0.492 e. The van der Waals surface area contributed by atoms with Gasteiger partial charge in [-0.2, -0.15) is 0 Å². The number of carbonyl (C=O) groups is 2. The number of halogens is 1. The number of hydrogen-bond donors (Lipinski definition) is 1. The monoisotopic (exact) mass is 543 g/mol. The normalized spacial score (nSPS) is 11.9. The molecule has 8 nitrogen and oxygen atoms in total. The fourth-order valence-electron chi connectivity index (χ4n) is 3.78. The van der Waals surface area contributed by atoms with Gasteiger partial charge in [0.25, 0.3) is 10.0 Å². The molecule has 0 saturated carbocycles. The van der Waals surface area contributed by atoms with Crippen LogP contribution in [0.2, 0.25) is 5.02 Å². The van der Waals surface area contributed by atoms with Crippen LogP contribution in [0.15, 0.2) is 83.8 Å². The predicted octanol–water partition coefficient (Wildman–Crippen LogP) is 4.10. The summed E-state index contributed by atoms with van der Waals surface area (Å²) in [7, 11) is -2.70. The first-order chi connectivity index (χ1) is 17.7. The molecule has 196 valence electrons. The number of anilines is 1. The summed E-state index contributed by atoms with van der Waals surface area (Å²) >= 11 is 6.34. The van der Waals surface area contributed by atoms with E-state index in [0.29, 0.717) is 22.9 Å². The molecule has 0 aromatic heterocycles. The van der Waals surface area contributed by atoms with Crippen LogP contribution in [0, 0.1) is 0 Å². The zero-order valence-corrected chi connectivity index (χ0v) is 22.5. The zero-order valence-electron chi connectivity index (χ0n) is 20.9. The Morgan fingerprint density at radius 3 is 2.24 bits per heavy atom. The highest BCUT2D eigenvalue weighted by molar-refractivity contribution is 7.92. The Hall–Kier alpha value is -3.56. The van der Waals surface area contributed by atoms with E-state index in [1.807, 2.05) is 0 Å². The number of sulfonamides is 1. The third-order valence-electron chi connectivity index (χ3n) is 5.76. The maximum atomic E-state index is 13.8. The third kappa shape index (κ3) is 6.61. The topological polar surface area (TPSA) is 96.0 Å². The van der Waals surface area contributed by atoms with E-state index >= 15 is 0 Å². The van der Waals surface area contributed by atoms with E-state index in [0.717, 1.165) is 4.31 Å². The summed E-state index contributed by atoms with van der Waals surface area (Å²) in [5, 5.41) is 2.98. The second-order valence-corrected chi connectivity index (χ2v) is 10.4. The number of para-hydroxylation sites is 2. The number of amides is 2. The van der Waals surface area contributed by atoms with Crippen LogP contribution in [0.5, 0.6) is 5.75 Å². The summed E-state index contributed by atoms with van der Waals surface area (Å²) < 4.78 is 34.4. The molecule has 3 aromatic carbocycles. The van der Waals surface area contributed by atoms with Gasteiger partial charge < -0.3 is 15.0 Å². The Balaban J connectivity index is 2.08. The predicted molar refractivity (Wildman–Crippen MR) is 144 cm³/mol. The molecule has 0 aliphatic heterocycles. The molecule has 0 bridgehead atoms. The standard InChI is InChI=1S/C27H30ClN3O5S/c1-4-36-25-17-11-10-16-24(25)31(37(34,35)22-13-6-5-7-14-22)19-26(32)30(20(2)27(33)29-3)18-21-12-8-9-15-23(21)28/h5-17,20H,4,18-19H2,1-3H3,(H,29,33)/t20-/m1/s1. The summed E-state index contributed by atoms with van der Waals surface area (Å²) in [6.45, 7) is 3.12. The molecule has 1 atom stereocenters. The molecule has 3 aromatic rings. The van der Waals surface area contributed by atoms with Crippen LogP contribution in [-0.2, 0) is 26.2 Å². The molecular formula is C27H30ClN3O5S. The number of nitrogens with zero attached hydrogens (tertiary/aromatic N) is 2. The van der Waals surface area contributed by atoms with E-state index in [1.54, 1.807) is 80.6 Å². The highest BCUT2D eigenvalue weighted by atomic mass is 35.5. The van der Waals surface area contributed by atoms with E-state index in [4.69, 9.17) is 16.3 Å². The molecule has 0 heterocycles. The number of carbonyl (C=O) groups excluding carboxylic acids is 2. The van der Waals surface area contributed by atoms with Gasteiger partial charge in [0.05, 0.1) is 17.2 Å². The molecule has 37 heavy (non-hydrogen) atoms. The molecule has 10 heteroatoms. The summed E-state index contributed by atoms with van der Waals surface area (Å²) in [6, 6.07) is 20.6. The van der Waals surface area contributed by atoms with Gasteiger partial charge in [-0.05, 0) is 49.7 Å². The Bertz CT molecular complexity index is 1330. The van der Waals surface area contributed by atoms with Gasteiger partial charge in [-0.15, -0.1) is 0 Å². The van der Waals surface area contributed by atoms with Crippen LogP contribution in [0.25, 0.3) is 0 Å². The quantitative estimate of drug-likeness (QED) is 0.393. The third-order valence-corrected chi connectivity index (χ3v) is 7.90. The first kappa shape index (κ1) is 28.0. The molecule has 0 radical (unpaired) electrons. The Labute approximate surface area is 222 Å². The van der Waals surface area contributed by atoms with Crippen molar-refractivity contribution in [3.8, 4) is 5.75 Å². The number of benzene rings is 3. The lowest BCUT2D eigenvalue weighted by molar-refractivity contribution is -0.139. The van der Waals surface area contributed by atoms with Crippen molar-refractivity contribution < 1.29 is 22.7 Å². The van der Waals surface area contributed by atoms with Crippen molar-refractivity contribution >= 4 is 39.1 Å². The minimum atomic E-state index is -4.18. The van der Waals surface area contributed by atoms with E-state index in [9.17, 15) is 18.0 Å². The van der Waals surface area contributed by atoms with E-state index in [2.05, 4.69) is 5.32 Å². The minimum absolute atomic E-state index is 0.0133. The largest absolute Gasteiger partial charge is 0.492 e. The lowest BCUT2D eigenvalue weighted by atomic mass is 10.1. The van der Waals surface area contributed by atoms with Crippen molar-refractivity contribution in [1.29, 1.82) is 0 Å². The van der Waals surface area contributed by atoms with Gasteiger partial charge in [0.1, 0.15) is 18.3 Å². The SMILES string of the molecule is CCOc1ccccc1N(CC(=O)N(Cc1ccccc1Cl)[C@H](C)C(=O)NC)S(=O)(=O)c1ccccc1. The number of hydrogen-bond acceptors (Lipinski definition) is 5. The van der Waals surface area contributed by atoms with Crippen molar-refractivity contribution in [3.63, 3.8) is 0 Å². The zero-order chi connectivity index (χ0) is 27.0. The number of rotatable bonds is 11. The number of nitrogens with one attached hydrogen (secondary N) is 1. The number of likely N-dealkylation sites (N-methyl/N-ethyl adjacent to an activating group) is 1. The summed E-state index contributed by atoms with van der Waals surface area (Å²) in [5.41, 5.74) is 0.840. The first-order valence-corrected chi connectivity index (χ1v) is 13.6. The van der Waals surface area contributed by atoms with Crippen molar-refractivity contribution in [2.24, 2.45) is 0 Å². The van der Waals surface area contributed by atoms with E-state index in [1.165, 1.54) is 24.1 Å². The van der Waals surface area contributed by atoms with Gasteiger partial charge in [-0.1, -0.05) is 60.1 Å². The van der Waals surface area contributed by atoms with Crippen molar-refractivity contribution in [2.45, 2.75) is 31.3 Å². The maximum Gasteiger partial charge on any atom is 0.264 e. The lowest BCUT2D eigenvalue weighted by Gasteiger charge is -2.32. The smallest absolute Gasteiger partial charge is 0.264 e. The molecule has 3 rings (SSSR count). The van der Waals surface area contributed by atoms with Crippen LogP contribution < -0.4 is 14.4 Å². The fraction of sp³-hybridized carbons (Fsp3) is 0.259. The molecular weight excluding hydrogens is 514 g/mol. The van der Waals surface area contributed by atoms with Crippen LogP contribution in [0.1, 0.15) is 19.4 Å². The number of ether oxygens (including phenoxy) is 1. The summed E-state index contributed by atoms with van der Waals surface area (Å²) in [5.74, 6) is -0.663. The van der Waals surface area contributed by atoms with Crippen molar-refractivity contribution in [1.82, 2.24) is 10.2 Å². The molecule has 1 N–H and O–H groups in total. The molecule has 0 saturated heterocycles. The summed E-state index contributed by atoms with van der Waals surface area (Å²) in [6.07, 6.45) is 0. The molecule has 0 spiro atoms. The van der Waals surface area contributed by atoms with E-state index in [-0.39, 0.29) is 17.1 Å². The molecule has 2 amide bonds. The average Bonchev–Trinajstić information content (AvgIpc) is 2.91. The highest BCUT2D eigenvalue weighted by Crippen LogP contribution is 2.33. The Morgan fingerprint density at radius 2 is 1.59 bits per heavy atom. The van der Waals surface area contributed by atoms with Crippen LogP contribution in [-0.4, -0.2) is 51.4 Å². The van der Waals surface area contributed by atoms with Crippen LogP contribution >= 0.6 is 11.6 Å². The first-order valence-electron chi connectivity index (χ1n) is 11.7. The van der Waals surface area contributed by atoms with Crippen LogP contribution in [0.4, 0.5) is 5.69 Å². The molecule has 0 unspecified atom stereocenters. The van der Waals surface area contributed by atoms with Crippen LogP contribution in [0.3, 0.4) is 0 Å². The second-order valence-electron chi connectivity index (χ2n) is 8.13. The van der Waals surface area contributed by atoms with Crippen molar-refractivity contribution in [3.05, 3.63) is 89.4 Å². The van der Waals surface area contributed by atoms with Gasteiger partial charge in [0.2, 0.25) is 11.8 Å². The van der Waals surface area contributed by atoms with Gasteiger partial charge >= 0.3 is 0 Å². The molecule has 0 aliphatic carbocycles. The average molecular weight is 544 g/mol. The van der Waals surface area contributed by atoms with Gasteiger partial charge in [-0.25, -0.2) is 8.42 Å². The van der Waals surface area contributed by atoms with E-state index < -0.39 is 34.4 Å². The van der Waals surface area contributed by atoms with Gasteiger partial charge in [0, 0.05) is 18.6 Å². The van der Waals surface area contributed by atoms with Crippen molar-refractivity contribution in [2.75, 3.05) is 24.5 Å². The maximum absolute atomic E-state index is 13.8. The summed E-state index contributed by atoms with van der Waals surface area (Å²) in [4.78, 5) is 27.7. The Morgan fingerprint density at radius 1 is 0.973 bits per heavy atom. The van der Waals surface area contributed by atoms with Gasteiger partial charge in [-0.3, -0.25) is 13.9 Å². The fourth-order valence-corrected chi connectivity index (χ4v) is 5.42. The second kappa shape index (κ2) is 12.6. The molecule has 0 fully saturated rings. The Kier molecular flexibility index (Phi) is 9.54. The lowest BCUT2D eigenvalue weighted by Crippen LogP contribution is -2.50. The highest BCUT2D eigenvalue weighted by Gasteiger charge is 2.33. The van der Waals surface area contributed by atoms with Gasteiger partial charge in [0.15, 0.2) is 0 Å². The molecule has 0 aliphatic rings.